The summed E-state index contributed by atoms with van der Waals surface area (Å²) >= 11 is 0. The van der Waals surface area contributed by atoms with Gasteiger partial charge in [0.2, 0.25) is 5.91 Å². The van der Waals surface area contributed by atoms with Crippen molar-refractivity contribution >= 4 is 16.8 Å². The standard InChI is InChI=1S/C17H22N2O.C2H6/c1-4-12-8-13-9-14(19-15(13)7-11(12)2)10-18-16(20)17(3)5-6-17;1-2/h7-9,19H,4-6,10H2,1-3H3,(H,18,20);1-2H3. The SMILES string of the molecule is CC.CCc1cc2cc(CNC(=O)C3(C)CC3)[nH]c2cc1C. The van der Waals surface area contributed by atoms with Crippen LogP contribution in [0.5, 0.6) is 0 Å². The summed E-state index contributed by atoms with van der Waals surface area (Å²) in [6.45, 7) is 10.9. The number of hydrogen-bond donors (Lipinski definition) is 2. The molecule has 120 valence electrons. The minimum atomic E-state index is -0.0992. The average Bonchev–Trinajstić information content (AvgIpc) is 3.15. The van der Waals surface area contributed by atoms with Gasteiger partial charge < -0.3 is 10.3 Å². The van der Waals surface area contributed by atoms with Gasteiger partial charge in [0.25, 0.3) is 0 Å². The third kappa shape index (κ3) is 3.34. The van der Waals surface area contributed by atoms with Crippen LogP contribution in [-0.2, 0) is 17.8 Å². The first-order valence-corrected chi connectivity index (χ1v) is 8.41. The Balaban J connectivity index is 0.000000847. The molecule has 0 saturated heterocycles. The zero-order chi connectivity index (χ0) is 16.3. The average molecular weight is 300 g/mol. The molecule has 0 spiro atoms. The first-order valence-electron chi connectivity index (χ1n) is 8.41. The van der Waals surface area contributed by atoms with Crippen LogP contribution in [0.3, 0.4) is 0 Å². The second-order valence-corrected chi connectivity index (χ2v) is 6.26. The minimum absolute atomic E-state index is 0.0992. The van der Waals surface area contributed by atoms with Crippen LogP contribution >= 0.6 is 0 Å². The summed E-state index contributed by atoms with van der Waals surface area (Å²) in [6, 6.07) is 6.58. The molecule has 2 N–H and O–H groups in total. The Bertz CT molecular complexity index is 665. The van der Waals surface area contributed by atoms with E-state index in [-0.39, 0.29) is 11.3 Å². The van der Waals surface area contributed by atoms with E-state index < -0.39 is 0 Å². The Kier molecular flexibility index (Phi) is 4.94. The van der Waals surface area contributed by atoms with Crippen LogP contribution in [-0.4, -0.2) is 10.9 Å². The van der Waals surface area contributed by atoms with Crippen LogP contribution in [0.1, 0.15) is 57.4 Å². The van der Waals surface area contributed by atoms with E-state index in [1.165, 1.54) is 16.5 Å². The summed E-state index contributed by atoms with van der Waals surface area (Å²) in [5, 5.41) is 4.27. The van der Waals surface area contributed by atoms with Gasteiger partial charge in [-0.05, 0) is 60.9 Å². The number of carbonyl (C=O) groups excluding carboxylic acids is 1. The third-order valence-electron chi connectivity index (χ3n) is 4.50. The first-order chi connectivity index (χ1) is 10.5. The molecule has 1 heterocycles. The lowest BCUT2D eigenvalue weighted by Gasteiger charge is -2.08. The number of carbonyl (C=O) groups is 1. The molecule has 22 heavy (non-hydrogen) atoms. The lowest BCUT2D eigenvalue weighted by atomic mass is 10.0. The number of rotatable bonds is 4. The van der Waals surface area contributed by atoms with Crippen LogP contribution in [0.2, 0.25) is 0 Å². The highest BCUT2D eigenvalue weighted by Gasteiger charge is 2.44. The molecule has 0 aliphatic heterocycles. The molecule has 3 heteroatoms. The quantitative estimate of drug-likeness (QED) is 0.859. The van der Waals surface area contributed by atoms with Gasteiger partial charge in [0, 0.05) is 16.6 Å². The summed E-state index contributed by atoms with van der Waals surface area (Å²) in [5.41, 5.74) is 4.84. The van der Waals surface area contributed by atoms with Gasteiger partial charge in [-0.25, -0.2) is 0 Å². The number of benzene rings is 1. The van der Waals surface area contributed by atoms with Crippen molar-refractivity contribution in [3.05, 3.63) is 35.0 Å². The van der Waals surface area contributed by atoms with Gasteiger partial charge in [-0.2, -0.15) is 0 Å². The van der Waals surface area contributed by atoms with Gasteiger partial charge in [-0.15, -0.1) is 0 Å². The number of H-pyrrole nitrogens is 1. The van der Waals surface area contributed by atoms with Crippen LogP contribution < -0.4 is 5.32 Å². The Morgan fingerprint density at radius 2 is 1.95 bits per heavy atom. The van der Waals surface area contributed by atoms with Crippen LogP contribution in [0, 0.1) is 12.3 Å². The third-order valence-corrected chi connectivity index (χ3v) is 4.50. The molecular weight excluding hydrogens is 272 g/mol. The lowest BCUT2D eigenvalue weighted by Crippen LogP contribution is -2.29. The maximum atomic E-state index is 11.9. The van der Waals surface area contributed by atoms with Crippen LogP contribution in [0.15, 0.2) is 18.2 Å². The molecule has 0 atom stereocenters. The number of aromatic nitrogens is 1. The largest absolute Gasteiger partial charge is 0.357 e. The van der Waals surface area contributed by atoms with Crippen molar-refractivity contribution < 1.29 is 4.79 Å². The van der Waals surface area contributed by atoms with Gasteiger partial charge in [0.1, 0.15) is 0 Å². The fourth-order valence-electron chi connectivity index (χ4n) is 2.68. The molecule has 1 aliphatic carbocycles. The van der Waals surface area contributed by atoms with Crippen LogP contribution in [0.25, 0.3) is 10.9 Å². The van der Waals surface area contributed by atoms with Crippen molar-refractivity contribution in [3.63, 3.8) is 0 Å². The fraction of sp³-hybridized carbons (Fsp3) is 0.526. The van der Waals surface area contributed by atoms with Crippen molar-refractivity contribution in [3.8, 4) is 0 Å². The van der Waals surface area contributed by atoms with Crippen molar-refractivity contribution in [2.24, 2.45) is 5.41 Å². The van der Waals surface area contributed by atoms with Gasteiger partial charge in [0.15, 0.2) is 0 Å². The topological polar surface area (TPSA) is 44.9 Å². The summed E-state index contributed by atoms with van der Waals surface area (Å²) < 4.78 is 0. The zero-order valence-electron chi connectivity index (χ0n) is 14.5. The summed E-state index contributed by atoms with van der Waals surface area (Å²) in [6.07, 6.45) is 3.09. The smallest absolute Gasteiger partial charge is 0.226 e. The highest BCUT2D eigenvalue weighted by molar-refractivity contribution is 5.85. The second-order valence-electron chi connectivity index (χ2n) is 6.26. The summed E-state index contributed by atoms with van der Waals surface area (Å²) in [5.74, 6) is 0.182. The molecule has 1 saturated carbocycles. The number of nitrogens with one attached hydrogen (secondary N) is 2. The molecule has 1 aromatic carbocycles. The van der Waals surface area contributed by atoms with E-state index in [0.717, 1.165) is 30.5 Å². The first kappa shape index (κ1) is 16.6. The van der Waals surface area contributed by atoms with Crippen molar-refractivity contribution in [1.29, 1.82) is 0 Å². The lowest BCUT2D eigenvalue weighted by molar-refractivity contribution is -0.125. The van der Waals surface area contributed by atoms with E-state index in [0.29, 0.717) is 6.54 Å². The Morgan fingerprint density at radius 1 is 1.27 bits per heavy atom. The fourth-order valence-corrected chi connectivity index (χ4v) is 2.68. The maximum absolute atomic E-state index is 11.9. The highest BCUT2D eigenvalue weighted by Crippen LogP contribution is 2.45. The van der Waals surface area contributed by atoms with Gasteiger partial charge in [-0.3, -0.25) is 4.79 Å². The number of aryl methyl sites for hydroxylation is 2. The zero-order valence-corrected chi connectivity index (χ0v) is 14.5. The van der Waals surface area contributed by atoms with E-state index in [9.17, 15) is 4.79 Å². The minimum Gasteiger partial charge on any atom is -0.357 e. The molecule has 0 bridgehead atoms. The molecule has 0 radical (unpaired) electrons. The molecule has 2 aromatic rings. The van der Waals surface area contributed by atoms with Crippen molar-refractivity contribution in [2.45, 2.75) is 60.4 Å². The van der Waals surface area contributed by atoms with E-state index in [2.05, 4.69) is 42.3 Å². The maximum Gasteiger partial charge on any atom is 0.226 e. The van der Waals surface area contributed by atoms with Crippen molar-refractivity contribution in [1.82, 2.24) is 10.3 Å². The molecular formula is C19H28N2O. The van der Waals surface area contributed by atoms with Gasteiger partial charge in [0.05, 0.1) is 6.54 Å². The van der Waals surface area contributed by atoms with E-state index in [1.54, 1.807) is 0 Å². The number of amides is 1. The molecule has 3 rings (SSSR count). The molecule has 3 nitrogen and oxygen atoms in total. The van der Waals surface area contributed by atoms with Gasteiger partial charge >= 0.3 is 0 Å². The van der Waals surface area contributed by atoms with E-state index >= 15 is 0 Å². The normalized spacial score (nSPS) is 15.1. The van der Waals surface area contributed by atoms with Crippen LogP contribution in [0.4, 0.5) is 0 Å². The summed E-state index contributed by atoms with van der Waals surface area (Å²) in [7, 11) is 0. The van der Waals surface area contributed by atoms with Gasteiger partial charge in [-0.1, -0.05) is 27.7 Å². The molecule has 1 amide bonds. The Labute approximate surface area is 133 Å². The molecule has 0 unspecified atom stereocenters. The number of hydrogen-bond acceptors (Lipinski definition) is 1. The monoisotopic (exact) mass is 300 g/mol. The van der Waals surface area contributed by atoms with Crippen molar-refractivity contribution in [2.75, 3.05) is 0 Å². The predicted molar refractivity (Wildman–Crippen MR) is 92.9 cm³/mol. The van der Waals surface area contributed by atoms with E-state index in [1.807, 2.05) is 20.8 Å². The molecule has 1 aromatic heterocycles. The molecule has 1 aliphatic rings. The number of aromatic amines is 1. The highest BCUT2D eigenvalue weighted by atomic mass is 16.2. The summed E-state index contributed by atoms with van der Waals surface area (Å²) in [4.78, 5) is 15.3. The predicted octanol–water partition coefficient (Wildman–Crippen LogP) is 4.48. The second kappa shape index (κ2) is 6.55. The van der Waals surface area contributed by atoms with E-state index in [4.69, 9.17) is 0 Å². The number of fused-ring (bicyclic) bond motifs is 1. The Morgan fingerprint density at radius 3 is 2.55 bits per heavy atom. The molecule has 1 fully saturated rings. The Hall–Kier alpha value is -1.77.